The topological polar surface area (TPSA) is 66.6 Å². The number of carbonyl (C=O) groups excluding carboxylic acids is 2. The fourth-order valence-electron chi connectivity index (χ4n) is 2.90. The molecule has 5 nitrogen and oxygen atoms in total. The van der Waals surface area contributed by atoms with E-state index >= 15 is 0 Å². The molecule has 128 valence electrons. The summed E-state index contributed by atoms with van der Waals surface area (Å²) in [5.74, 6) is -0.0722. The Labute approximate surface area is 144 Å². The standard InChI is InChI=1S/C17H25N3O2.ClH/c1-2-19-13-15(12-16(19)21)17(22)20(11-9-18)10-8-14-6-4-3-5-7-14;/h3-7,15H,2,8-13,18H2,1H3;1H. The molecule has 1 aliphatic rings. The van der Waals surface area contributed by atoms with Crippen molar-refractivity contribution in [3.05, 3.63) is 35.9 Å². The van der Waals surface area contributed by atoms with Crippen LogP contribution in [0.1, 0.15) is 18.9 Å². The molecule has 0 bridgehead atoms. The van der Waals surface area contributed by atoms with E-state index in [0.29, 0.717) is 39.1 Å². The van der Waals surface area contributed by atoms with E-state index in [1.54, 1.807) is 4.90 Å². The lowest BCUT2D eigenvalue weighted by molar-refractivity contribution is -0.135. The highest BCUT2D eigenvalue weighted by Gasteiger charge is 2.35. The van der Waals surface area contributed by atoms with E-state index in [4.69, 9.17) is 5.73 Å². The molecule has 0 spiro atoms. The Morgan fingerprint density at radius 2 is 2.00 bits per heavy atom. The molecule has 23 heavy (non-hydrogen) atoms. The zero-order chi connectivity index (χ0) is 15.9. The summed E-state index contributed by atoms with van der Waals surface area (Å²) in [6, 6.07) is 10.1. The van der Waals surface area contributed by atoms with Crippen molar-refractivity contribution >= 4 is 24.2 Å². The maximum Gasteiger partial charge on any atom is 0.228 e. The van der Waals surface area contributed by atoms with Gasteiger partial charge in [0.1, 0.15) is 0 Å². The van der Waals surface area contributed by atoms with E-state index in [1.165, 1.54) is 5.56 Å². The average Bonchev–Trinajstić information content (AvgIpc) is 2.92. The van der Waals surface area contributed by atoms with Gasteiger partial charge in [-0.2, -0.15) is 0 Å². The van der Waals surface area contributed by atoms with Gasteiger partial charge in [-0.25, -0.2) is 0 Å². The second kappa shape index (κ2) is 9.53. The summed E-state index contributed by atoms with van der Waals surface area (Å²) in [5.41, 5.74) is 6.85. The van der Waals surface area contributed by atoms with Crippen molar-refractivity contribution in [1.82, 2.24) is 9.80 Å². The van der Waals surface area contributed by atoms with Crippen LogP contribution >= 0.6 is 12.4 Å². The third kappa shape index (κ3) is 5.22. The van der Waals surface area contributed by atoms with Crippen LogP contribution < -0.4 is 5.73 Å². The number of hydrogen-bond acceptors (Lipinski definition) is 3. The van der Waals surface area contributed by atoms with Gasteiger partial charge < -0.3 is 15.5 Å². The first kappa shape index (κ1) is 19.5. The summed E-state index contributed by atoms with van der Waals surface area (Å²) in [6.07, 6.45) is 1.14. The number of benzene rings is 1. The van der Waals surface area contributed by atoms with Crippen LogP contribution in [-0.2, 0) is 16.0 Å². The van der Waals surface area contributed by atoms with E-state index < -0.39 is 0 Å². The number of rotatable bonds is 7. The van der Waals surface area contributed by atoms with Crippen LogP contribution in [0.25, 0.3) is 0 Å². The maximum absolute atomic E-state index is 12.7. The number of amides is 2. The van der Waals surface area contributed by atoms with Gasteiger partial charge >= 0.3 is 0 Å². The van der Waals surface area contributed by atoms with E-state index in [1.807, 2.05) is 30.0 Å². The van der Waals surface area contributed by atoms with Crippen molar-refractivity contribution in [3.8, 4) is 0 Å². The van der Waals surface area contributed by atoms with Gasteiger partial charge in [-0.15, -0.1) is 12.4 Å². The molecule has 1 aromatic rings. The Morgan fingerprint density at radius 1 is 1.30 bits per heavy atom. The number of carbonyl (C=O) groups is 2. The molecule has 1 atom stereocenters. The predicted molar refractivity (Wildman–Crippen MR) is 93.4 cm³/mol. The molecule has 1 fully saturated rings. The number of nitrogens with two attached hydrogens (primary N) is 1. The minimum absolute atomic E-state index is 0. The zero-order valence-electron chi connectivity index (χ0n) is 13.6. The second-order valence-corrected chi connectivity index (χ2v) is 5.68. The quantitative estimate of drug-likeness (QED) is 0.814. The largest absolute Gasteiger partial charge is 0.342 e. The fraction of sp³-hybridized carbons (Fsp3) is 0.529. The number of nitrogens with zero attached hydrogens (tertiary/aromatic N) is 2. The molecule has 1 heterocycles. The van der Waals surface area contributed by atoms with E-state index in [2.05, 4.69) is 12.1 Å². The molecule has 1 aromatic carbocycles. The van der Waals surface area contributed by atoms with Crippen molar-refractivity contribution in [3.63, 3.8) is 0 Å². The Balaban J connectivity index is 0.00000264. The molecule has 1 aliphatic heterocycles. The molecular weight excluding hydrogens is 314 g/mol. The molecule has 1 saturated heterocycles. The molecule has 1 unspecified atom stereocenters. The summed E-state index contributed by atoms with van der Waals surface area (Å²) in [7, 11) is 0. The SMILES string of the molecule is CCN1CC(C(=O)N(CCN)CCc2ccccc2)CC1=O.Cl. The lowest BCUT2D eigenvalue weighted by Gasteiger charge is -2.25. The van der Waals surface area contributed by atoms with Gasteiger partial charge in [0, 0.05) is 39.1 Å². The third-order valence-corrected chi connectivity index (χ3v) is 4.17. The summed E-state index contributed by atoms with van der Waals surface area (Å²) < 4.78 is 0. The molecular formula is C17H26ClN3O2. The second-order valence-electron chi connectivity index (χ2n) is 5.68. The molecule has 2 N–H and O–H groups in total. The fourth-order valence-corrected chi connectivity index (χ4v) is 2.90. The lowest BCUT2D eigenvalue weighted by Crippen LogP contribution is -2.41. The molecule has 0 radical (unpaired) electrons. The summed E-state index contributed by atoms with van der Waals surface area (Å²) in [5, 5.41) is 0. The van der Waals surface area contributed by atoms with E-state index in [9.17, 15) is 9.59 Å². The van der Waals surface area contributed by atoms with Gasteiger partial charge in [0.15, 0.2) is 0 Å². The monoisotopic (exact) mass is 339 g/mol. The minimum atomic E-state index is -0.213. The molecule has 2 rings (SSSR count). The normalized spacial score (nSPS) is 17.0. The molecule has 2 amide bonds. The Kier molecular flexibility index (Phi) is 8.06. The first-order chi connectivity index (χ1) is 10.7. The molecule has 0 saturated carbocycles. The molecule has 0 aliphatic carbocycles. The van der Waals surface area contributed by atoms with Gasteiger partial charge in [-0.05, 0) is 18.9 Å². The Bertz CT molecular complexity index is 510. The first-order valence-corrected chi connectivity index (χ1v) is 7.96. The third-order valence-electron chi connectivity index (χ3n) is 4.17. The van der Waals surface area contributed by atoms with Crippen LogP contribution in [0.4, 0.5) is 0 Å². The zero-order valence-corrected chi connectivity index (χ0v) is 14.4. The van der Waals surface area contributed by atoms with Crippen molar-refractivity contribution in [2.75, 3.05) is 32.7 Å². The molecule has 0 aromatic heterocycles. The van der Waals surface area contributed by atoms with E-state index in [-0.39, 0.29) is 30.1 Å². The van der Waals surface area contributed by atoms with Gasteiger partial charge in [-0.1, -0.05) is 30.3 Å². The predicted octanol–water partition coefficient (Wildman–Crippen LogP) is 1.31. The Morgan fingerprint density at radius 3 is 2.57 bits per heavy atom. The van der Waals surface area contributed by atoms with Crippen LogP contribution in [0, 0.1) is 5.92 Å². The van der Waals surface area contributed by atoms with Crippen LogP contribution in [0.5, 0.6) is 0 Å². The van der Waals surface area contributed by atoms with Gasteiger partial charge in [-0.3, -0.25) is 9.59 Å². The van der Waals surface area contributed by atoms with Gasteiger partial charge in [0.05, 0.1) is 5.92 Å². The summed E-state index contributed by atoms with van der Waals surface area (Å²) >= 11 is 0. The summed E-state index contributed by atoms with van der Waals surface area (Å²) in [6.45, 7) is 4.79. The first-order valence-electron chi connectivity index (χ1n) is 7.96. The van der Waals surface area contributed by atoms with Crippen LogP contribution in [0.2, 0.25) is 0 Å². The lowest BCUT2D eigenvalue weighted by atomic mass is 10.1. The van der Waals surface area contributed by atoms with E-state index in [0.717, 1.165) is 6.42 Å². The van der Waals surface area contributed by atoms with Crippen molar-refractivity contribution < 1.29 is 9.59 Å². The van der Waals surface area contributed by atoms with Gasteiger partial charge in [0.2, 0.25) is 11.8 Å². The maximum atomic E-state index is 12.7. The Hall–Kier alpha value is -1.59. The smallest absolute Gasteiger partial charge is 0.228 e. The number of halogens is 1. The van der Waals surface area contributed by atoms with Crippen LogP contribution in [0.3, 0.4) is 0 Å². The highest BCUT2D eigenvalue weighted by Crippen LogP contribution is 2.20. The number of hydrogen-bond donors (Lipinski definition) is 1. The highest BCUT2D eigenvalue weighted by molar-refractivity contribution is 5.89. The highest BCUT2D eigenvalue weighted by atomic mass is 35.5. The van der Waals surface area contributed by atoms with Crippen molar-refractivity contribution in [1.29, 1.82) is 0 Å². The van der Waals surface area contributed by atoms with Gasteiger partial charge in [0.25, 0.3) is 0 Å². The molecule has 6 heteroatoms. The van der Waals surface area contributed by atoms with Crippen LogP contribution in [0.15, 0.2) is 30.3 Å². The number of likely N-dealkylation sites (tertiary alicyclic amines) is 1. The van der Waals surface area contributed by atoms with Crippen molar-refractivity contribution in [2.24, 2.45) is 11.7 Å². The average molecular weight is 340 g/mol. The van der Waals surface area contributed by atoms with Crippen LogP contribution in [-0.4, -0.2) is 54.3 Å². The summed E-state index contributed by atoms with van der Waals surface area (Å²) in [4.78, 5) is 28.0. The minimum Gasteiger partial charge on any atom is -0.342 e. The van der Waals surface area contributed by atoms with Crippen molar-refractivity contribution in [2.45, 2.75) is 19.8 Å².